The van der Waals surface area contributed by atoms with Crippen molar-refractivity contribution in [3.05, 3.63) is 46.0 Å². The number of nitro benzene ring substituents is 1. The lowest BCUT2D eigenvalue weighted by Crippen LogP contribution is -2.29. The van der Waals surface area contributed by atoms with E-state index in [2.05, 4.69) is 4.90 Å². The topological polar surface area (TPSA) is 66.6 Å². The molecule has 5 heteroatoms. The Bertz CT molecular complexity index is 502. The molecular formula is C16H22N2O3. The van der Waals surface area contributed by atoms with Crippen LogP contribution in [0.1, 0.15) is 31.2 Å². The minimum Gasteiger partial charge on any atom is -0.396 e. The van der Waals surface area contributed by atoms with Crippen LogP contribution < -0.4 is 0 Å². The third-order valence-electron chi connectivity index (χ3n) is 3.97. The normalized spacial score (nSPS) is 19.4. The Morgan fingerprint density at radius 1 is 1.43 bits per heavy atom. The van der Waals surface area contributed by atoms with Gasteiger partial charge < -0.3 is 5.11 Å². The minimum atomic E-state index is -0.348. The van der Waals surface area contributed by atoms with Gasteiger partial charge in [0.1, 0.15) is 0 Å². The van der Waals surface area contributed by atoms with Crippen LogP contribution in [-0.2, 0) is 0 Å². The van der Waals surface area contributed by atoms with Crippen LogP contribution in [-0.4, -0.2) is 40.7 Å². The minimum absolute atomic E-state index is 0.145. The first-order valence-electron chi connectivity index (χ1n) is 7.47. The van der Waals surface area contributed by atoms with Crippen LogP contribution in [0, 0.1) is 10.1 Å². The highest BCUT2D eigenvalue weighted by molar-refractivity contribution is 5.60. The number of nitrogens with zero attached hydrogens (tertiary/aromatic N) is 2. The zero-order valence-corrected chi connectivity index (χ0v) is 12.1. The summed E-state index contributed by atoms with van der Waals surface area (Å²) in [7, 11) is 0. The number of hydrogen-bond acceptors (Lipinski definition) is 4. The van der Waals surface area contributed by atoms with E-state index in [0.29, 0.717) is 11.6 Å². The zero-order valence-electron chi connectivity index (χ0n) is 12.1. The third kappa shape index (κ3) is 4.37. The fourth-order valence-corrected chi connectivity index (χ4v) is 2.90. The van der Waals surface area contributed by atoms with E-state index >= 15 is 0 Å². The summed E-state index contributed by atoms with van der Waals surface area (Å²) in [5.41, 5.74) is 0.792. The first kappa shape index (κ1) is 15.7. The number of hydrogen-bond donors (Lipinski definition) is 1. The molecule has 0 aliphatic carbocycles. The van der Waals surface area contributed by atoms with Crippen molar-refractivity contribution < 1.29 is 10.0 Å². The molecule has 1 saturated heterocycles. The monoisotopic (exact) mass is 290 g/mol. The maximum Gasteiger partial charge on any atom is 0.276 e. The molecule has 1 N–H and O–H groups in total. The molecular weight excluding hydrogens is 268 g/mol. The summed E-state index contributed by atoms with van der Waals surface area (Å²) in [4.78, 5) is 13.0. The van der Waals surface area contributed by atoms with Crippen LogP contribution in [0.15, 0.2) is 30.3 Å². The highest BCUT2D eigenvalue weighted by atomic mass is 16.6. The summed E-state index contributed by atoms with van der Waals surface area (Å²) in [6, 6.07) is 7.32. The predicted octanol–water partition coefficient (Wildman–Crippen LogP) is 2.84. The number of para-hydroxylation sites is 1. The van der Waals surface area contributed by atoms with Gasteiger partial charge in [-0.25, -0.2) is 0 Å². The van der Waals surface area contributed by atoms with E-state index in [1.165, 1.54) is 18.9 Å². The third-order valence-corrected chi connectivity index (χ3v) is 3.97. The molecule has 1 aliphatic heterocycles. The van der Waals surface area contributed by atoms with Crippen molar-refractivity contribution in [2.75, 3.05) is 19.7 Å². The first-order chi connectivity index (χ1) is 10.2. The Morgan fingerprint density at radius 2 is 2.24 bits per heavy atom. The van der Waals surface area contributed by atoms with Gasteiger partial charge in [0, 0.05) is 25.3 Å². The highest BCUT2D eigenvalue weighted by Gasteiger charge is 2.22. The Balaban J connectivity index is 1.94. The number of benzene rings is 1. The van der Waals surface area contributed by atoms with Gasteiger partial charge in [0.15, 0.2) is 0 Å². The van der Waals surface area contributed by atoms with Crippen molar-refractivity contribution in [3.8, 4) is 0 Å². The molecule has 2 rings (SSSR count). The zero-order chi connectivity index (χ0) is 15.1. The average molecular weight is 290 g/mol. The highest BCUT2D eigenvalue weighted by Crippen LogP contribution is 2.22. The number of likely N-dealkylation sites (tertiary alicyclic amines) is 1. The van der Waals surface area contributed by atoms with E-state index in [1.54, 1.807) is 12.1 Å². The Morgan fingerprint density at radius 3 is 3.00 bits per heavy atom. The van der Waals surface area contributed by atoms with E-state index < -0.39 is 0 Å². The molecule has 1 atom stereocenters. The molecule has 1 aromatic rings. The second-order valence-corrected chi connectivity index (χ2v) is 5.38. The molecule has 1 heterocycles. The SMILES string of the molecule is O=[N+]([O-])c1ccccc1/C=C/CN1CCCC1CCCO. The lowest BCUT2D eigenvalue weighted by molar-refractivity contribution is -0.385. The molecule has 21 heavy (non-hydrogen) atoms. The van der Waals surface area contributed by atoms with Crippen molar-refractivity contribution in [2.24, 2.45) is 0 Å². The summed E-state index contributed by atoms with van der Waals surface area (Å²) in [6.07, 6.45) is 8.07. The second-order valence-electron chi connectivity index (χ2n) is 5.38. The van der Waals surface area contributed by atoms with Crippen molar-refractivity contribution in [2.45, 2.75) is 31.7 Å². The molecule has 1 unspecified atom stereocenters. The van der Waals surface area contributed by atoms with Gasteiger partial charge in [-0.1, -0.05) is 24.3 Å². The maximum atomic E-state index is 10.9. The molecule has 5 nitrogen and oxygen atoms in total. The van der Waals surface area contributed by atoms with Gasteiger partial charge in [-0.2, -0.15) is 0 Å². The standard InChI is InChI=1S/C16H22N2O3/c19-13-5-9-15-8-4-12-17(15)11-3-7-14-6-1-2-10-16(14)18(20)21/h1-3,6-7,10,15,19H,4-5,8-9,11-13H2/b7-3+. The van der Waals surface area contributed by atoms with Crippen molar-refractivity contribution in [3.63, 3.8) is 0 Å². The molecule has 1 aliphatic rings. The first-order valence-corrected chi connectivity index (χ1v) is 7.47. The van der Waals surface area contributed by atoms with Gasteiger partial charge >= 0.3 is 0 Å². The van der Waals surface area contributed by atoms with E-state index in [9.17, 15) is 10.1 Å². The van der Waals surface area contributed by atoms with Gasteiger partial charge in [0.25, 0.3) is 5.69 Å². The number of aliphatic hydroxyl groups is 1. The van der Waals surface area contributed by atoms with E-state index in [1.807, 2.05) is 18.2 Å². The number of rotatable bonds is 7. The lowest BCUT2D eigenvalue weighted by Gasteiger charge is -2.22. The Hall–Kier alpha value is -1.72. The van der Waals surface area contributed by atoms with Crippen LogP contribution in [0.4, 0.5) is 5.69 Å². The number of nitro groups is 1. The molecule has 0 radical (unpaired) electrons. The van der Waals surface area contributed by atoms with Crippen molar-refractivity contribution in [1.29, 1.82) is 0 Å². The quantitative estimate of drug-likeness (QED) is 0.619. The molecule has 1 aromatic carbocycles. The average Bonchev–Trinajstić information content (AvgIpc) is 2.93. The fourth-order valence-electron chi connectivity index (χ4n) is 2.90. The smallest absolute Gasteiger partial charge is 0.276 e. The molecule has 0 aromatic heterocycles. The van der Waals surface area contributed by atoms with Crippen molar-refractivity contribution in [1.82, 2.24) is 4.90 Å². The van der Waals surface area contributed by atoms with Crippen LogP contribution >= 0.6 is 0 Å². The molecule has 1 fully saturated rings. The molecule has 0 saturated carbocycles. The van der Waals surface area contributed by atoms with Crippen LogP contribution in [0.2, 0.25) is 0 Å². The molecule has 114 valence electrons. The Labute approximate surface area is 125 Å². The summed E-state index contributed by atoms with van der Waals surface area (Å²) in [6.45, 7) is 2.12. The van der Waals surface area contributed by atoms with Gasteiger partial charge in [-0.05, 0) is 38.3 Å². The molecule has 0 bridgehead atoms. The summed E-state index contributed by atoms with van der Waals surface area (Å²) >= 11 is 0. The van der Waals surface area contributed by atoms with E-state index in [-0.39, 0.29) is 17.2 Å². The van der Waals surface area contributed by atoms with Crippen LogP contribution in [0.5, 0.6) is 0 Å². The predicted molar refractivity (Wildman–Crippen MR) is 83.0 cm³/mol. The van der Waals surface area contributed by atoms with Gasteiger partial charge in [0.05, 0.1) is 10.5 Å². The lowest BCUT2D eigenvalue weighted by atomic mass is 10.1. The number of aliphatic hydroxyl groups excluding tert-OH is 1. The van der Waals surface area contributed by atoms with E-state index in [0.717, 1.165) is 25.9 Å². The van der Waals surface area contributed by atoms with Crippen LogP contribution in [0.25, 0.3) is 6.08 Å². The van der Waals surface area contributed by atoms with E-state index in [4.69, 9.17) is 5.11 Å². The summed E-state index contributed by atoms with van der Waals surface area (Å²) < 4.78 is 0. The summed E-state index contributed by atoms with van der Waals surface area (Å²) in [5.74, 6) is 0. The van der Waals surface area contributed by atoms with Gasteiger partial charge in [0.2, 0.25) is 0 Å². The maximum absolute atomic E-state index is 10.9. The Kier molecular flexibility index (Phi) is 5.90. The van der Waals surface area contributed by atoms with Gasteiger partial charge in [-0.3, -0.25) is 15.0 Å². The summed E-state index contributed by atoms with van der Waals surface area (Å²) in [5, 5.41) is 19.9. The molecule has 0 spiro atoms. The van der Waals surface area contributed by atoms with Gasteiger partial charge in [-0.15, -0.1) is 0 Å². The second kappa shape index (κ2) is 7.90. The largest absolute Gasteiger partial charge is 0.396 e. The van der Waals surface area contributed by atoms with Crippen LogP contribution in [0.3, 0.4) is 0 Å². The molecule has 0 amide bonds. The van der Waals surface area contributed by atoms with Crippen molar-refractivity contribution >= 4 is 11.8 Å². The fraction of sp³-hybridized carbons (Fsp3) is 0.500.